The molecule has 0 aromatic carbocycles. The minimum atomic E-state index is -0.698. The van der Waals surface area contributed by atoms with Crippen molar-refractivity contribution >= 4 is 11.9 Å². The molecule has 8 heteroatoms. The number of hydrogen-bond acceptors (Lipinski definition) is 7. The van der Waals surface area contributed by atoms with Crippen LogP contribution >= 0.6 is 0 Å². The van der Waals surface area contributed by atoms with E-state index in [0.717, 1.165) is 25.1 Å². The van der Waals surface area contributed by atoms with Gasteiger partial charge in [0.1, 0.15) is 6.04 Å². The van der Waals surface area contributed by atoms with Gasteiger partial charge >= 0.3 is 0 Å². The summed E-state index contributed by atoms with van der Waals surface area (Å²) in [6.45, 7) is 2.72. The van der Waals surface area contributed by atoms with Gasteiger partial charge in [-0.1, -0.05) is 5.16 Å². The molecule has 0 radical (unpaired) electrons. The van der Waals surface area contributed by atoms with Gasteiger partial charge in [0, 0.05) is 18.4 Å². The third-order valence-electron chi connectivity index (χ3n) is 3.24. The normalized spacial score (nSPS) is 18.4. The van der Waals surface area contributed by atoms with Crippen LogP contribution in [0.3, 0.4) is 0 Å². The van der Waals surface area contributed by atoms with E-state index in [1.54, 1.807) is 6.20 Å². The van der Waals surface area contributed by atoms with Crippen molar-refractivity contribution < 1.29 is 9.32 Å². The Morgan fingerprint density at radius 1 is 1.50 bits per heavy atom. The molecule has 1 aliphatic rings. The zero-order valence-electron chi connectivity index (χ0n) is 11.0. The largest absolute Gasteiger partial charge is 0.363 e. The van der Waals surface area contributed by atoms with Crippen molar-refractivity contribution in [3.05, 3.63) is 29.7 Å². The molecule has 1 fully saturated rings. The number of hydrogen-bond donors (Lipinski definition) is 1. The Bertz CT molecular complexity index is 640. The smallest absolute Gasteiger partial charge is 0.290 e. The number of rotatable bonds is 3. The Morgan fingerprint density at radius 2 is 2.35 bits per heavy atom. The lowest BCUT2D eigenvalue weighted by Gasteiger charge is -2.21. The lowest BCUT2D eigenvalue weighted by atomic mass is 10.2. The first-order valence-corrected chi connectivity index (χ1v) is 6.35. The van der Waals surface area contributed by atoms with E-state index < -0.39 is 5.91 Å². The predicted octanol–water partition coefficient (Wildman–Crippen LogP) is 0.608. The fourth-order valence-electron chi connectivity index (χ4n) is 2.31. The third kappa shape index (κ3) is 2.20. The number of carbonyl (C=O) groups is 1. The van der Waals surface area contributed by atoms with Gasteiger partial charge < -0.3 is 15.2 Å². The fraction of sp³-hybridized carbons (Fsp3) is 0.417. The molecule has 1 atom stereocenters. The number of anilines is 1. The lowest BCUT2D eigenvalue weighted by Crippen LogP contribution is -2.25. The molecule has 3 heterocycles. The van der Waals surface area contributed by atoms with E-state index in [1.807, 2.05) is 17.9 Å². The molecule has 1 saturated heterocycles. The fourth-order valence-corrected chi connectivity index (χ4v) is 2.31. The zero-order valence-corrected chi connectivity index (χ0v) is 11.0. The maximum absolute atomic E-state index is 11.0. The lowest BCUT2D eigenvalue weighted by molar-refractivity contribution is 0.0987. The van der Waals surface area contributed by atoms with E-state index in [1.165, 1.54) is 0 Å². The van der Waals surface area contributed by atoms with Crippen molar-refractivity contribution in [3.8, 4) is 0 Å². The van der Waals surface area contributed by atoms with Crippen LogP contribution in [-0.2, 0) is 0 Å². The molecule has 0 spiro atoms. The summed E-state index contributed by atoms with van der Waals surface area (Å²) in [5.41, 5.74) is 6.02. The molecule has 0 aliphatic carbocycles. The Kier molecular flexibility index (Phi) is 3.05. The Labute approximate surface area is 115 Å². The SMILES string of the molecule is Cc1ccnc(N2CCCC2c2nc(C(N)=O)no2)n1. The molecule has 2 N–H and O–H groups in total. The van der Waals surface area contributed by atoms with Crippen molar-refractivity contribution in [3.63, 3.8) is 0 Å². The van der Waals surface area contributed by atoms with Crippen LogP contribution in [-0.4, -0.2) is 32.6 Å². The maximum Gasteiger partial charge on any atom is 0.290 e. The number of carbonyl (C=O) groups excluding carboxylic acids is 1. The van der Waals surface area contributed by atoms with E-state index in [2.05, 4.69) is 20.1 Å². The van der Waals surface area contributed by atoms with E-state index in [0.29, 0.717) is 11.8 Å². The molecule has 1 unspecified atom stereocenters. The summed E-state index contributed by atoms with van der Waals surface area (Å²) in [6.07, 6.45) is 3.53. The molecule has 8 nitrogen and oxygen atoms in total. The molecule has 0 bridgehead atoms. The van der Waals surface area contributed by atoms with Crippen molar-refractivity contribution in [1.29, 1.82) is 0 Å². The molecular formula is C12H14N6O2. The topological polar surface area (TPSA) is 111 Å². The van der Waals surface area contributed by atoms with Crippen LogP contribution in [0.5, 0.6) is 0 Å². The minimum Gasteiger partial charge on any atom is -0.363 e. The second-order valence-electron chi connectivity index (χ2n) is 4.67. The van der Waals surface area contributed by atoms with Gasteiger partial charge in [-0.2, -0.15) is 4.98 Å². The van der Waals surface area contributed by atoms with Crippen molar-refractivity contribution in [1.82, 2.24) is 20.1 Å². The summed E-state index contributed by atoms with van der Waals surface area (Å²) in [6, 6.07) is 1.73. The molecule has 2 aromatic heterocycles. The number of amides is 1. The van der Waals surface area contributed by atoms with Gasteiger partial charge in [-0.3, -0.25) is 4.79 Å². The summed E-state index contributed by atoms with van der Waals surface area (Å²) in [5, 5.41) is 3.58. The van der Waals surface area contributed by atoms with E-state index in [9.17, 15) is 4.79 Å². The van der Waals surface area contributed by atoms with Gasteiger partial charge in [0.05, 0.1) is 0 Å². The predicted molar refractivity (Wildman–Crippen MR) is 68.9 cm³/mol. The second kappa shape index (κ2) is 4.87. The average Bonchev–Trinajstić information content (AvgIpc) is 3.07. The highest BCUT2D eigenvalue weighted by Crippen LogP contribution is 2.33. The van der Waals surface area contributed by atoms with Crippen molar-refractivity contribution in [2.24, 2.45) is 5.73 Å². The second-order valence-corrected chi connectivity index (χ2v) is 4.67. The van der Waals surface area contributed by atoms with Crippen LogP contribution in [0, 0.1) is 6.92 Å². The molecular weight excluding hydrogens is 260 g/mol. The van der Waals surface area contributed by atoms with Crippen LogP contribution in [0.15, 0.2) is 16.8 Å². The zero-order chi connectivity index (χ0) is 14.1. The summed E-state index contributed by atoms with van der Waals surface area (Å²) in [4.78, 5) is 25.7. The van der Waals surface area contributed by atoms with Crippen LogP contribution in [0.4, 0.5) is 5.95 Å². The quantitative estimate of drug-likeness (QED) is 0.872. The highest BCUT2D eigenvalue weighted by atomic mass is 16.5. The van der Waals surface area contributed by atoms with E-state index >= 15 is 0 Å². The Balaban J connectivity index is 1.90. The van der Waals surface area contributed by atoms with Gasteiger partial charge in [0.15, 0.2) is 0 Å². The molecule has 3 rings (SSSR count). The van der Waals surface area contributed by atoms with Crippen molar-refractivity contribution in [2.45, 2.75) is 25.8 Å². The number of aromatic nitrogens is 4. The maximum atomic E-state index is 11.0. The van der Waals surface area contributed by atoms with Gasteiger partial charge in [-0.15, -0.1) is 0 Å². The Hall–Kier alpha value is -2.51. The minimum absolute atomic E-state index is 0.1000. The number of nitrogens with two attached hydrogens (primary N) is 1. The van der Waals surface area contributed by atoms with E-state index in [-0.39, 0.29) is 11.9 Å². The van der Waals surface area contributed by atoms with Crippen LogP contribution in [0.25, 0.3) is 0 Å². The number of primary amides is 1. The van der Waals surface area contributed by atoms with Gasteiger partial charge in [-0.05, 0) is 25.8 Å². The summed E-state index contributed by atoms with van der Waals surface area (Å²) in [7, 11) is 0. The number of aryl methyl sites for hydroxylation is 1. The van der Waals surface area contributed by atoms with Gasteiger partial charge in [0.2, 0.25) is 11.8 Å². The first-order valence-electron chi connectivity index (χ1n) is 6.35. The number of nitrogens with zero attached hydrogens (tertiary/aromatic N) is 5. The summed E-state index contributed by atoms with van der Waals surface area (Å²) >= 11 is 0. The average molecular weight is 274 g/mol. The van der Waals surface area contributed by atoms with Crippen molar-refractivity contribution in [2.75, 3.05) is 11.4 Å². The first-order chi connectivity index (χ1) is 9.65. The van der Waals surface area contributed by atoms with Gasteiger partial charge in [-0.25, -0.2) is 9.97 Å². The molecule has 0 saturated carbocycles. The molecule has 1 aliphatic heterocycles. The molecule has 20 heavy (non-hydrogen) atoms. The van der Waals surface area contributed by atoms with Gasteiger partial charge in [0.25, 0.3) is 11.7 Å². The highest BCUT2D eigenvalue weighted by molar-refractivity contribution is 5.88. The highest BCUT2D eigenvalue weighted by Gasteiger charge is 2.32. The van der Waals surface area contributed by atoms with Crippen LogP contribution < -0.4 is 10.6 Å². The molecule has 1 amide bonds. The Morgan fingerprint density at radius 3 is 3.05 bits per heavy atom. The molecule has 2 aromatic rings. The summed E-state index contributed by atoms with van der Waals surface area (Å²) < 4.78 is 5.13. The third-order valence-corrected chi connectivity index (χ3v) is 3.24. The first kappa shape index (κ1) is 12.5. The monoisotopic (exact) mass is 274 g/mol. The van der Waals surface area contributed by atoms with E-state index in [4.69, 9.17) is 10.3 Å². The van der Waals surface area contributed by atoms with Crippen LogP contribution in [0.1, 0.15) is 41.1 Å². The summed E-state index contributed by atoms with van der Waals surface area (Å²) in [5.74, 6) is 0.209. The standard InChI is InChI=1S/C12H14N6O2/c1-7-4-5-14-12(15-7)18-6-2-3-8(18)11-16-10(9(13)19)17-20-11/h4-5,8H,2-3,6H2,1H3,(H2,13,19). The van der Waals surface area contributed by atoms with Crippen LogP contribution in [0.2, 0.25) is 0 Å². The molecule has 104 valence electrons.